The number of hydrogen-bond donors (Lipinski definition) is 0. The van der Waals surface area contributed by atoms with Crippen LogP contribution >= 0.6 is 46.6 Å². The molecule has 0 bridgehead atoms. The SMILES string of the molecule is C=CCC1(Cn2ccnc2)Sc2cc(Cl)ccc2C1OC(=O)c1ccc(Cl)cc1Cl. The molecule has 2 heterocycles. The van der Waals surface area contributed by atoms with Gasteiger partial charge >= 0.3 is 5.97 Å². The topological polar surface area (TPSA) is 44.1 Å². The van der Waals surface area contributed by atoms with Gasteiger partial charge in [-0.1, -0.05) is 46.9 Å². The number of carbonyl (C=O) groups is 1. The van der Waals surface area contributed by atoms with Gasteiger partial charge in [0.25, 0.3) is 0 Å². The van der Waals surface area contributed by atoms with Crippen LogP contribution in [0.5, 0.6) is 0 Å². The van der Waals surface area contributed by atoms with Gasteiger partial charge in [-0.25, -0.2) is 9.78 Å². The number of hydrogen-bond acceptors (Lipinski definition) is 4. The smallest absolute Gasteiger partial charge is 0.340 e. The second kappa shape index (κ2) is 8.67. The van der Waals surface area contributed by atoms with Crippen molar-refractivity contribution < 1.29 is 9.53 Å². The van der Waals surface area contributed by atoms with Crippen LogP contribution in [0.3, 0.4) is 0 Å². The Kier molecular flexibility index (Phi) is 6.16. The molecule has 0 N–H and O–H groups in total. The van der Waals surface area contributed by atoms with Gasteiger partial charge in [0, 0.05) is 39.4 Å². The average molecular weight is 480 g/mol. The number of halogens is 3. The fourth-order valence-electron chi connectivity index (χ4n) is 3.63. The molecule has 0 radical (unpaired) electrons. The van der Waals surface area contributed by atoms with Crippen molar-refractivity contribution in [2.24, 2.45) is 0 Å². The minimum Gasteiger partial charge on any atom is -0.452 e. The Labute approximate surface area is 193 Å². The molecule has 2 unspecified atom stereocenters. The van der Waals surface area contributed by atoms with Crippen LogP contribution in [-0.2, 0) is 11.3 Å². The summed E-state index contributed by atoms with van der Waals surface area (Å²) in [5.74, 6) is -0.510. The molecule has 4 rings (SSSR count). The molecule has 4 nitrogen and oxygen atoms in total. The summed E-state index contributed by atoms with van der Waals surface area (Å²) < 4.78 is 7.55. The summed E-state index contributed by atoms with van der Waals surface area (Å²) in [7, 11) is 0. The highest BCUT2D eigenvalue weighted by molar-refractivity contribution is 8.01. The summed E-state index contributed by atoms with van der Waals surface area (Å²) in [6.07, 6.45) is 7.27. The fourth-order valence-corrected chi connectivity index (χ4v) is 5.96. The number of thioether (sulfide) groups is 1. The van der Waals surface area contributed by atoms with Gasteiger partial charge in [0.1, 0.15) is 6.10 Å². The quantitative estimate of drug-likeness (QED) is 0.286. The summed E-state index contributed by atoms with van der Waals surface area (Å²) in [5, 5.41) is 1.33. The van der Waals surface area contributed by atoms with E-state index in [9.17, 15) is 4.79 Å². The molecule has 0 saturated heterocycles. The van der Waals surface area contributed by atoms with Crippen LogP contribution in [0.15, 0.2) is 72.7 Å². The number of fused-ring (bicyclic) bond motifs is 1. The molecule has 2 atom stereocenters. The first-order valence-corrected chi connectivity index (χ1v) is 11.1. The molecule has 8 heteroatoms. The molecule has 0 aliphatic carbocycles. The van der Waals surface area contributed by atoms with E-state index >= 15 is 0 Å². The first-order chi connectivity index (χ1) is 14.4. The maximum absolute atomic E-state index is 13.1. The predicted octanol–water partition coefficient (Wildman–Crippen LogP) is 6.86. The Morgan fingerprint density at radius 1 is 1.23 bits per heavy atom. The van der Waals surface area contributed by atoms with E-state index < -0.39 is 16.8 Å². The standard InChI is InChI=1S/C22H17Cl3N2O2S/c1-2-7-22(12-27-9-8-26-13-27)20(17-6-4-15(24)11-19(17)30-22)29-21(28)16-5-3-14(23)10-18(16)25/h2-6,8-11,13,20H,1,7,12H2. The summed E-state index contributed by atoms with van der Waals surface area (Å²) in [6, 6.07) is 10.3. The van der Waals surface area contributed by atoms with E-state index in [2.05, 4.69) is 11.6 Å². The van der Waals surface area contributed by atoms with Gasteiger partial charge in [-0.15, -0.1) is 18.3 Å². The Morgan fingerprint density at radius 3 is 2.70 bits per heavy atom. The highest BCUT2D eigenvalue weighted by Crippen LogP contribution is 2.57. The zero-order valence-corrected chi connectivity index (χ0v) is 18.8. The van der Waals surface area contributed by atoms with Crippen molar-refractivity contribution in [1.29, 1.82) is 0 Å². The number of carbonyl (C=O) groups excluding carboxylic acids is 1. The van der Waals surface area contributed by atoms with Crippen molar-refractivity contribution >= 4 is 52.5 Å². The number of rotatable bonds is 6. The average Bonchev–Trinajstić information content (AvgIpc) is 3.28. The van der Waals surface area contributed by atoms with Crippen LogP contribution in [0.1, 0.15) is 28.4 Å². The molecule has 0 saturated carbocycles. The highest BCUT2D eigenvalue weighted by Gasteiger charge is 2.49. The molecule has 1 aliphatic rings. The molecular weight excluding hydrogens is 463 g/mol. The molecular formula is C22H17Cl3N2O2S. The number of benzene rings is 2. The third kappa shape index (κ3) is 4.12. The van der Waals surface area contributed by atoms with E-state index in [0.29, 0.717) is 23.0 Å². The normalized spacial score (nSPS) is 20.0. The van der Waals surface area contributed by atoms with Crippen LogP contribution in [0.2, 0.25) is 15.1 Å². The minimum absolute atomic E-state index is 0.249. The molecule has 0 fully saturated rings. The maximum Gasteiger partial charge on any atom is 0.340 e. The van der Waals surface area contributed by atoms with Crippen molar-refractivity contribution in [3.05, 3.63) is 94.0 Å². The highest BCUT2D eigenvalue weighted by atomic mass is 35.5. The van der Waals surface area contributed by atoms with Crippen molar-refractivity contribution in [2.75, 3.05) is 0 Å². The molecule has 0 amide bonds. The minimum atomic E-state index is -0.533. The first-order valence-electron chi connectivity index (χ1n) is 9.13. The van der Waals surface area contributed by atoms with Crippen molar-refractivity contribution in [3.8, 4) is 0 Å². The monoisotopic (exact) mass is 478 g/mol. The Bertz CT molecular complexity index is 1100. The Morgan fingerprint density at radius 2 is 2.00 bits per heavy atom. The number of allylic oxidation sites excluding steroid dienone is 1. The van der Waals surface area contributed by atoms with Crippen molar-refractivity contribution in [3.63, 3.8) is 0 Å². The van der Waals surface area contributed by atoms with Crippen LogP contribution in [0, 0.1) is 0 Å². The lowest BCUT2D eigenvalue weighted by Gasteiger charge is -2.34. The van der Waals surface area contributed by atoms with Gasteiger partial charge in [-0.05, 0) is 36.8 Å². The lowest BCUT2D eigenvalue weighted by atomic mass is 9.91. The number of nitrogens with zero attached hydrogens (tertiary/aromatic N) is 2. The Hall–Kier alpha value is -1.92. The number of imidazole rings is 1. The molecule has 1 aromatic heterocycles. The number of esters is 1. The second-order valence-corrected chi connectivity index (χ2v) is 9.72. The van der Waals surface area contributed by atoms with E-state index in [1.165, 1.54) is 6.07 Å². The van der Waals surface area contributed by atoms with Crippen molar-refractivity contribution in [2.45, 2.75) is 28.7 Å². The van der Waals surface area contributed by atoms with Crippen LogP contribution in [0.4, 0.5) is 0 Å². The molecule has 2 aromatic carbocycles. The van der Waals surface area contributed by atoms with E-state index in [4.69, 9.17) is 39.5 Å². The largest absolute Gasteiger partial charge is 0.452 e. The van der Waals surface area contributed by atoms with Gasteiger partial charge in [0.05, 0.1) is 21.7 Å². The van der Waals surface area contributed by atoms with Crippen molar-refractivity contribution in [1.82, 2.24) is 9.55 Å². The summed E-state index contributed by atoms with van der Waals surface area (Å²) in [5.41, 5.74) is 1.17. The number of ether oxygens (including phenoxy) is 1. The fraction of sp³-hybridized carbons (Fsp3) is 0.182. The zero-order valence-electron chi connectivity index (χ0n) is 15.7. The lowest BCUT2D eigenvalue weighted by Crippen LogP contribution is -2.36. The lowest BCUT2D eigenvalue weighted by molar-refractivity contribution is 0.0180. The van der Waals surface area contributed by atoms with Crippen LogP contribution in [-0.4, -0.2) is 20.3 Å². The van der Waals surface area contributed by atoms with Crippen LogP contribution < -0.4 is 0 Å². The molecule has 30 heavy (non-hydrogen) atoms. The van der Waals surface area contributed by atoms with E-state index in [-0.39, 0.29) is 10.6 Å². The summed E-state index contributed by atoms with van der Waals surface area (Å²) >= 11 is 20.1. The Balaban J connectivity index is 1.75. The summed E-state index contributed by atoms with van der Waals surface area (Å²) in [4.78, 5) is 18.2. The maximum atomic E-state index is 13.1. The van der Waals surface area contributed by atoms with Gasteiger partial charge in [-0.3, -0.25) is 0 Å². The molecule has 1 aliphatic heterocycles. The van der Waals surface area contributed by atoms with E-state index in [1.54, 1.807) is 42.5 Å². The molecule has 0 spiro atoms. The van der Waals surface area contributed by atoms with Gasteiger partial charge in [-0.2, -0.15) is 0 Å². The van der Waals surface area contributed by atoms with E-state index in [1.807, 2.05) is 29.0 Å². The van der Waals surface area contributed by atoms with Crippen LogP contribution in [0.25, 0.3) is 0 Å². The van der Waals surface area contributed by atoms with Gasteiger partial charge in [0.15, 0.2) is 0 Å². The summed E-state index contributed by atoms with van der Waals surface area (Å²) in [6.45, 7) is 4.51. The number of aromatic nitrogens is 2. The predicted molar refractivity (Wildman–Crippen MR) is 122 cm³/mol. The van der Waals surface area contributed by atoms with E-state index in [0.717, 1.165) is 10.5 Å². The third-order valence-corrected chi connectivity index (χ3v) is 7.20. The zero-order chi connectivity index (χ0) is 21.3. The first kappa shape index (κ1) is 21.3. The molecule has 154 valence electrons. The third-order valence-electron chi connectivity index (χ3n) is 4.92. The molecule has 3 aromatic rings. The van der Waals surface area contributed by atoms with Gasteiger partial charge in [0.2, 0.25) is 0 Å². The van der Waals surface area contributed by atoms with Gasteiger partial charge < -0.3 is 9.30 Å². The second-order valence-electron chi connectivity index (χ2n) is 6.99.